The first kappa shape index (κ1) is 18.7. The van der Waals surface area contributed by atoms with Gasteiger partial charge in [-0.15, -0.1) is 0 Å². The van der Waals surface area contributed by atoms with Gasteiger partial charge in [-0.3, -0.25) is 0 Å². The number of amides is 2. The van der Waals surface area contributed by atoms with E-state index in [0.29, 0.717) is 6.54 Å². The molecule has 0 aliphatic heterocycles. The molecule has 0 bridgehead atoms. The highest BCUT2D eigenvalue weighted by atomic mass is 16.2. The number of nitrogens with zero attached hydrogens (tertiary/aromatic N) is 2. The Balaban J connectivity index is 1.34. The fourth-order valence-electron chi connectivity index (χ4n) is 3.47. The number of carbonyl (C=O) groups is 1. The van der Waals surface area contributed by atoms with Gasteiger partial charge in [0.25, 0.3) is 0 Å². The molecule has 0 spiro atoms. The molecular formula is C24H24N4O. The van der Waals surface area contributed by atoms with E-state index < -0.39 is 0 Å². The van der Waals surface area contributed by atoms with Gasteiger partial charge in [0.15, 0.2) is 0 Å². The summed E-state index contributed by atoms with van der Waals surface area (Å²) in [5.41, 5.74) is 4.22. The first-order valence-electron chi connectivity index (χ1n) is 9.85. The van der Waals surface area contributed by atoms with Crippen molar-refractivity contribution in [1.29, 1.82) is 0 Å². The predicted molar refractivity (Wildman–Crippen MR) is 116 cm³/mol. The van der Waals surface area contributed by atoms with E-state index in [4.69, 9.17) is 0 Å². The lowest BCUT2D eigenvalue weighted by atomic mass is 9.99. The van der Waals surface area contributed by atoms with E-state index in [1.807, 2.05) is 85.2 Å². The average Bonchev–Trinajstić information content (AvgIpc) is 3.19. The Hall–Kier alpha value is -3.60. The fraction of sp³-hybridized carbons (Fsp3) is 0.167. The molecule has 4 aromatic rings. The van der Waals surface area contributed by atoms with Gasteiger partial charge in [-0.2, -0.15) is 0 Å². The molecule has 0 aliphatic rings. The molecule has 0 saturated heterocycles. The summed E-state index contributed by atoms with van der Waals surface area (Å²) >= 11 is 0. The molecule has 1 heterocycles. The van der Waals surface area contributed by atoms with E-state index in [1.165, 1.54) is 0 Å². The highest BCUT2D eigenvalue weighted by molar-refractivity contribution is 5.75. The number of hydrogen-bond donors (Lipinski definition) is 2. The van der Waals surface area contributed by atoms with Crippen LogP contribution in [0.2, 0.25) is 0 Å². The minimum atomic E-state index is -0.185. The van der Waals surface area contributed by atoms with Crippen molar-refractivity contribution in [2.24, 2.45) is 0 Å². The first-order chi connectivity index (χ1) is 14.3. The summed E-state index contributed by atoms with van der Waals surface area (Å²) in [7, 11) is 0. The highest BCUT2D eigenvalue weighted by Crippen LogP contribution is 2.21. The van der Waals surface area contributed by atoms with Crippen molar-refractivity contribution in [3.05, 3.63) is 102 Å². The third-order valence-corrected chi connectivity index (χ3v) is 4.93. The maximum Gasteiger partial charge on any atom is 0.315 e. The second-order valence-corrected chi connectivity index (χ2v) is 6.93. The molecule has 2 N–H and O–H groups in total. The number of nitrogens with one attached hydrogen (secondary N) is 2. The van der Waals surface area contributed by atoms with Crippen LogP contribution in [0.3, 0.4) is 0 Å². The summed E-state index contributed by atoms with van der Waals surface area (Å²) in [6.07, 6.45) is 2.68. The van der Waals surface area contributed by atoms with Crippen LogP contribution in [0, 0.1) is 0 Å². The van der Waals surface area contributed by atoms with Crippen molar-refractivity contribution >= 4 is 17.1 Å². The Kier molecular flexibility index (Phi) is 5.86. The number of rotatable bonds is 7. The Labute approximate surface area is 170 Å². The third-order valence-electron chi connectivity index (χ3n) is 4.93. The van der Waals surface area contributed by atoms with Gasteiger partial charge in [0.1, 0.15) is 0 Å². The van der Waals surface area contributed by atoms with Crippen LogP contribution in [0.4, 0.5) is 4.79 Å². The van der Waals surface area contributed by atoms with Crippen LogP contribution >= 0.6 is 0 Å². The van der Waals surface area contributed by atoms with Crippen molar-refractivity contribution in [3.63, 3.8) is 0 Å². The van der Waals surface area contributed by atoms with Crippen molar-refractivity contribution < 1.29 is 4.79 Å². The Morgan fingerprint density at radius 1 is 0.862 bits per heavy atom. The number of carbonyl (C=O) groups excluding carboxylic acids is 1. The van der Waals surface area contributed by atoms with Gasteiger partial charge in [0, 0.05) is 13.1 Å². The molecule has 2 amide bonds. The average molecular weight is 384 g/mol. The van der Waals surface area contributed by atoms with Crippen LogP contribution in [0.1, 0.15) is 23.6 Å². The zero-order valence-electron chi connectivity index (χ0n) is 16.2. The molecule has 0 unspecified atom stereocenters. The summed E-state index contributed by atoms with van der Waals surface area (Å²) in [6.45, 7) is 1.40. The van der Waals surface area contributed by atoms with Crippen LogP contribution in [0.25, 0.3) is 11.0 Å². The minimum absolute atomic E-state index is 0.168. The Morgan fingerprint density at radius 2 is 1.48 bits per heavy atom. The molecule has 146 valence electrons. The quantitative estimate of drug-likeness (QED) is 0.461. The summed E-state index contributed by atoms with van der Waals surface area (Å²) < 4.78 is 2.12. The number of imidazole rings is 1. The number of aromatic nitrogens is 2. The smallest absolute Gasteiger partial charge is 0.315 e. The lowest BCUT2D eigenvalue weighted by molar-refractivity contribution is 0.238. The lowest BCUT2D eigenvalue weighted by Crippen LogP contribution is -2.39. The molecule has 0 fully saturated rings. The summed E-state index contributed by atoms with van der Waals surface area (Å²) in [5.74, 6) is 0. The largest absolute Gasteiger partial charge is 0.338 e. The number of para-hydroxylation sites is 2. The van der Waals surface area contributed by atoms with Crippen molar-refractivity contribution in [2.75, 3.05) is 6.54 Å². The van der Waals surface area contributed by atoms with Gasteiger partial charge in [-0.25, -0.2) is 9.78 Å². The molecule has 4 rings (SSSR count). The van der Waals surface area contributed by atoms with E-state index in [9.17, 15) is 4.79 Å². The molecule has 0 atom stereocenters. The summed E-state index contributed by atoms with van der Waals surface area (Å²) in [4.78, 5) is 16.9. The molecule has 0 saturated carbocycles. The van der Waals surface area contributed by atoms with Crippen LogP contribution < -0.4 is 10.6 Å². The zero-order valence-corrected chi connectivity index (χ0v) is 16.2. The number of benzene rings is 3. The van der Waals surface area contributed by atoms with E-state index in [2.05, 4.69) is 26.3 Å². The fourth-order valence-corrected chi connectivity index (χ4v) is 3.47. The zero-order chi connectivity index (χ0) is 19.9. The number of urea groups is 1. The minimum Gasteiger partial charge on any atom is -0.338 e. The van der Waals surface area contributed by atoms with Crippen LogP contribution in [-0.4, -0.2) is 22.1 Å². The molecule has 5 nitrogen and oxygen atoms in total. The second kappa shape index (κ2) is 9.06. The normalized spacial score (nSPS) is 10.9. The highest BCUT2D eigenvalue weighted by Gasteiger charge is 2.16. The first-order valence-corrected chi connectivity index (χ1v) is 9.85. The van der Waals surface area contributed by atoms with Crippen LogP contribution in [0.5, 0.6) is 0 Å². The maximum atomic E-state index is 12.5. The molecule has 0 aliphatic carbocycles. The molecule has 1 aromatic heterocycles. The van der Waals surface area contributed by atoms with Crippen molar-refractivity contribution in [3.8, 4) is 0 Å². The number of hydrogen-bond acceptors (Lipinski definition) is 2. The van der Waals surface area contributed by atoms with Gasteiger partial charge in [0.05, 0.1) is 23.4 Å². The molecule has 5 heteroatoms. The second-order valence-electron chi connectivity index (χ2n) is 6.93. The standard InChI is InChI=1S/C24H24N4O/c29-24(25-16-9-17-28-18-26-21-14-7-8-15-22(21)28)27-23(19-10-3-1-4-11-19)20-12-5-2-6-13-20/h1-8,10-15,18,23H,9,16-17H2,(H2,25,27,29). The Morgan fingerprint density at radius 3 is 2.17 bits per heavy atom. The lowest BCUT2D eigenvalue weighted by Gasteiger charge is -2.20. The maximum absolute atomic E-state index is 12.5. The van der Waals surface area contributed by atoms with Gasteiger partial charge in [-0.05, 0) is 29.7 Å². The Bertz CT molecular complexity index is 1020. The van der Waals surface area contributed by atoms with Crippen molar-refractivity contribution in [1.82, 2.24) is 20.2 Å². The van der Waals surface area contributed by atoms with Gasteiger partial charge >= 0.3 is 6.03 Å². The van der Waals surface area contributed by atoms with Gasteiger partial charge in [-0.1, -0.05) is 72.8 Å². The summed E-state index contributed by atoms with van der Waals surface area (Å²) in [5, 5.41) is 6.08. The molecule has 29 heavy (non-hydrogen) atoms. The van der Waals surface area contributed by atoms with Crippen LogP contribution in [-0.2, 0) is 6.54 Å². The third kappa shape index (κ3) is 4.63. The topological polar surface area (TPSA) is 59.0 Å². The molecular weight excluding hydrogens is 360 g/mol. The molecule has 0 radical (unpaired) electrons. The van der Waals surface area contributed by atoms with E-state index >= 15 is 0 Å². The van der Waals surface area contributed by atoms with Crippen LogP contribution in [0.15, 0.2) is 91.3 Å². The summed E-state index contributed by atoms with van der Waals surface area (Å²) in [6, 6.07) is 27.7. The van der Waals surface area contributed by atoms with Gasteiger partial charge in [0.2, 0.25) is 0 Å². The monoisotopic (exact) mass is 384 g/mol. The SMILES string of the molecule is O=C(NCCCn1cnc2ccccc21)NC(c1ccccc1)c1ccccc1. The predicted octanol–water partition coefficient (Wildman–Crippen LogP) is 4.52. The van der Waals surface area contributed by atoms with E-state index in [-0.39, 0.29) is 12.1 Å². The van der Waals surface area contributed by atoms with E-state index in [0.717, 1.165) is 35.1 Å². The van der Waals surface area contributed by atoms with Gasteiger partial charge < -0.3 is 15.2 Å². The van der Waals surface area contributed by atoms with E-state index in [1.54, 1.807) is 0 Å². The van der Waals surface area contributed by atoms with Crippen molar-refractivity contribution in [2.45, 2.75) is 19.0 Å². The molecule has 3 aromatic carbocycles. The number of fused-ring (bicyclic) bond motifs is 1. The number of aryl methyl sites for hydroxylation is 1.